The Labute approximate surface area is 418 Å². The van der Waals surface area contributed by atoms with E-state index in [1.54, 1.807) is 27.7 Å². The molecule has 0 aromatic carbocycles. The van der Waals surface area contributed by atoms with Crippen LogP contribution in [0.25, 0.3) is 23.0 Å². The molecule has 2 aliphatic heterocycles. The molecule has 2 fully saturated rings. The van der Waals surface area contributed by atoms with Crippen LogP contribution in [0.5, 0.6) is 0 Å². The van der Waals surface area contributed by atoms with Crippen LogP contribution in [-0.4, -0.2) is 139 Å². The molecule has 0 unspecified atom stereocenters. The third kappa shape index (κ3) is 12.6. The second-order valence-electron chi connectivity index (χ2n) is 17.5. The fourth-order valence-corrected chi connectivity index (χ4v) is 11.4. The Hall–Kier alpha value is -4.94. The summed E-state index contributed by atoms with van der Waals surface area (Å²) in [6.07, 6.45) is 5.31. The number of pyridine rings is 2. The van der Waals surface area contributed by atoms with Gasteiger partial charge in [0.1, 0.15) is 58.4 Å². The van der Waals surface area contributed by atoms with Crippen molar-refractivity contribution in [2.45, 2.75) is 114 Å². The summed E-state index contributed by atoms with van der Waals surface area (Å²) in [6, 6.07) is 10.7. The van der Waals surface area contributed by atoms with E-state index in [0.29, 0.717) is 96.0 Å². The molecule has 6 aromatic heterocycles. The summed E-state index contributed by atoms with van der Waals surface area (Å²) in [5.41, 5.74) is 2.87. The fraction of sp³-hybridized carbons (Fsp3) is 0.522. The molecule has 2 saturated heterocycles. The molecule has 2 aliphatic rings. The van der Waals surface area contributed by atoms with Crippen molar-refractivity contribution in [3.63, 3.8) is 0 Å². The van der Waals surface area contributed by atoms with Gasteiger partial charge >= 0.3 is 0 Å². The maximum Gasteiger partial charge on any atom is 0.182 e. The number of halogens is 2. The minimum atomic E-state index is -3.66. The molecule has 376 valence electrons. The van der Waals surface area contributed by atoms with Crippen LogP contribution < -0.4 is 0 Å². The van der Waals surface area contributed by atoms with E-state index in [-0.39, 0.29) is 35.8 Å². The summed E-state index contributed by atoms with van der Waals surface area (Å²) in [6.45, 7) is 17.4. The van der Waals surface area contributed by atoms with E-state index in [9.17, 15) is 16.8 Å². The Morgan fingerprint density at radius 1 is 0.571 bits per heavy atom. The molecule has 0 N–H and O–H groups in total. The van der Waals surface area contributed by atoms with Gasteiger partial charge < -0.3 is 28.1 Å². The lowest BCUT2D eigenvalue weighted by Crippen LogP contribution is -2.36. The van der Waals surface area contributed by atoms with Crippen LogP contribution >= 0.6 is 23.2 Å². The fourth-order valence-electron chi connectivity index (χ4n) is 8.07. The second kappa shape index (κ2) is 23.1. The monoisotopic (exact) mass is 1040 g/mol. The van der Waals surface area contributed by atoms with Gasteiger partial charge in [-0.2, -0.15) is 0 Å². The van der Waals surface area contributed by atoms with E-state index >= 15 is 0 Å². The van der Waals surface area contributed by atoms with Gasteiger partial charge in [-0.1, -0.05) is 49.2 Å². The summed E-state index contributed by atoms with van der Waals surface area (Å²) in [4.78, 5) is 26.0. The van der Waals surface area contributed by atoms with Gasteiger partial charge in [-0.05, 0) is 65.8 Å². The molecule has 0 spiro atoms. The molecule has 8 rings (SSSR count). The SMILES string of the molecule is Cc1cccc(-c2nnc(CS(=O)(=O)[C@@H](C)[C@H](C)c3ncc(Cl)cn3)n2[C@H](C)[C@@H]2COCCO2)n1.Cc1cccc(-c2nnc(CS(=O)(=O)[C@@H](C)[C@H](C)c3ncc(Cl)cn3)n2[C@H](C)[C@H]2COCCO2)n1. The highest BCUT2D eigenvalue weighted by molar-refractivity contribution is 7.91. The number of nitrogens with zero attached hydrogens (tertiary/aromatic N) is 12. The number of ether oxygens (including phenoxy) is 4. The highest BCUT2D eigenvalue weighted by Crippen LogP contribution is 2.32. The Bertz CT molecular complexity index is 2720. The van der Waals surface area contributed by atoms with E-state index in [2.05, 4.69) is 50.3 Å². The van der Waals surface area contributed by atoms with Crippen molar-refractivity contribution in [1.29, 1.82) is 0 Å². The molecule has 0 saturated carbocycles. The summed E-state index contributed by atoms with van der Waals surface area (Å²) in [5.74, 6) is 0.950. The smallest absolute Gasteiger partial charge is 0.182 e. The lowest BCUT2D eigenvalue weighted by atomic mass is 10.1. The maximum atomic E-state index is 13.5. The normalized spacial score (nSPS) is 19.3. The summed E-state index contributed by atoms with van der Waals surface area (Å²) in [7, 11) is -7.33. The predicted octanol–water partition coefficient (Wildman–Crippen LogP) is 6.35. The van der Waals surface area contributed by atoms with Crippen LogP contribution in [0, 0.1) is 13.8 Å². The van der Waals surface area contributed by atoms with Crippen LogP contribution in [0.15, 0.2) is 61.2 Å². The summed E-state index contributed by atoms with van der Waals surface area (Å²) in [5, 5.41) is 16.6. The van der Waals surface area contributed by atoms with Crippen LogP contribution in [-0.2, 0) is 50.1 Å². The van der Waals surface area contributed by atoms with Crippen LogP contribution in [0.1, 0.15) is 100 Å². The third-order valence-electron chi connectivity index (χ3n) is 12.6. The average Bonchev–Trinajstić information content (AvgIpc) is 3.97. The minimum Gasteiger partial charge on any atom is -0.376 e. The van der Waals surface area contributed by atoms with Gasteiger partial charge in [-0.15, -0.1) is 20.4 Å². The van der Waals surface area contributed by atoms with Gasteiger partial charge in [0.15, 0.2) is 31.3 Å². The number of hydrogen-bond donors (Lipinski definition) is 0. The van der Waals surface area contributed by atoms with Crippen molar-refractivity contribution in [1.82, 2.24) is 59.4 Å². The molecule has 0 radical (unpaired) electrons. The molecule has 8 heterocycles. The molecule has 6 aromatic rings. The highest BCUT2D eigenvalue weighted by Gasteiger charge is 2.36. The number of sulfone groups is 2. The molecule has 8 atom stereocenters. The molecule has 70 heavy (non-hydrogen) atoms. The quantitative estimate of drug-likeness (QED) is 0.102. The Morgan fingerprint density at radius 3 is 1.27 bits per heavy atom. The molecule has 20 nitrogen and oxygen atoms in total. The van der Waals surface area contributed by atoms with E-state index in [4.69, 9.17) is 42.1 Å². The molecular formula is C46H58Cl2N12O8S2. The van der Waals surface area contributed by atoms with Gasteiger partial charge in [-0.3, -0.25) is 0 Å². The zero-order chi connectivity index (χ0) is 50.3. The standard InChI is InChI=1S/2C23H29ClN6O4S/c2*1-14-6-5-7-19(27-14)23-29-28-21(30(23)16(3)20-12-33-8-9-34-20)13-35(31,32)17(4)15(2)22-25-10-18(24)11-26-22/h2*5-7,10-11,15-17,20H,8-9,12-13H2,1-4H3/t15-,16+,17-,20+;15-,16+,17-,20-/m00/s1. The molecule has 24 heteroatoms. The largest absolute Gasteiger partial charge is 0.376 e. The Kier molecular flexibility index (Phi) is 17.4. The zero-order valence-corrected chi connectivity index (χ0v) is 43.4. The molecule has 0 bridgehead atoms. The topological polar surface area (TPSA) is 244 Å². The summed E-state index contributed by atoms with van der Waals surface area (Å²) >= 11 is 11.8. The van der Waals surface area contributed by atoms with Crippen molar-refractivity contribution < 1.29 is 35.8 Å². The number of hydrogen-bond acceptors (Lipinski definition) is 18. The highest BCUT2D eigenvalue weighted by atomic mass is 35.5. The van der Waals surface area contributed by atoms with Crippen LogP contribution in [0.2, 0.25) is 10.0 Å². The average molecular weight is 1040 g/mol. The first-order chi connectivity index (χ1) is 33.3. The summed E-state index contributed by atoms with van der Waals surface area (Å²) < 4.78 is 80.7. The number of rotatable bonds is 16. The third-order valence-corrected chi connectivity index (χ3v) is 17.4. The van der Waals surface area contributed by atoms with E-state index in [1.807, 2.05) is 73.2 Å². The number of aromatic nitrogens is 12. The molecular weight excluding hydrogens is 984 g/mol. The maximum absolute atomic E-state index is 13.5. The van der Waals surface area contributed by atoms with Crippen LogP contribution in [0.4, 0.5) is 0 Å². The van der Waals surface area contributed by atoms with Crippen molar-refractivity contribution in [2.75, 3.05) is 39.6 Å². The van der Waals surface area contributed by atoms with Crippen molar-refractivity contribution in [3.8, 4) is 23.0 Å². The predicted molar refractivity (Wildman–Crippen MR) is 262 cm³/mol. The van der Waals surface area contributed by atoms with E-state index in [0.717, 1.165) is 11.4 Å². The van der Waals surface area contributed by atoms with Gasteiger partial charge in [0, 0.05) is 48.0 Å². The minimum absolute atomic E-state index is 0.274. The Balaban J connectivity index is 0.000000206. The van der Waals surface area contributed by atoms with E-state index in [1.165, 1.54) is 24.8 Å². The molecule has 0 amide bonds. The zero-order valence-electron chi connectivity index (χ0n) is 40.3. The van der Waals surface area contributed by atoms with Gasteiger partial charge in [0.25, 0.3) is 0 Å². The lowest BCUT2D eigenvalue weighted by Gasteiger charge is -2.30. The molecule has 0 aliphatic carbocycles. The Morgan fingerprint density at radius 2 is 0.943 bits per heavy atom. The number of aryl methyl sites for hydroxylation is 2. The van der Waals surface area contributed by atoms with Crippen molar-refractivity contribution in [3.05, 3.63) is 106 Å². The first-order valence-corrected chi connectivity index (χ1v) is 27.1. The van der Waals surface area contributed by atoms with Gasteiger partial charge in [0.2, 0.25) is 0 Å². The first kappa shape index (κ1) is 52.9. The van der Waals surface area contributed by atoms with Crippen LogP contribution in [0.3, 0.4) is 0 Å². The van der Waals surface area contributed by atoms with Gasteiger partial charge in [0.05, 0.1) is 72.3 Å². The second-order valence-corrected chi connectivity index (χ2v) is 23.1. The first-order valence-electron chi connectivity index (χ1n) is 22.9. The lowest BCUT2D eigenvalue weighted by molar-refractivity contribution is -0.105. The van der Waals surface area contributed by atoms with Gasteiger partial charge in [-0.25, -0.2) is 46.7 Å². The van der Waals surface area contributed by atoms with E-state index < -0.39 is 42.0 Å². The van der Waals surface area contributed by atoms with Crippen molar-refractivity contribution in [2.24, 2.45) is 0 Å². The van der Waals surface area contributed by atoms with Crippen molar-refractivity contribution >= 4 is 42.9 Å².